The summed E-state index contributed by atoms with van der Waals surface area (Å²) < 4.78 is 0. The van der Waals surface area contributed by atoms with Gasteiger partial charge in [0.2, 0.25) is 0 Å². The minimum Gasteiger partial charge on any atom is -0.314 e. The number of rotatable bonds is 8. The highest BCUT2D eigenvalue weighted by Crippen LogP contribution is 2.18. The molecule has 0 radical (unpaired) electrons. The molecule has 0 aliphatic rings. The van der Waals surface area contributed by atoms with Gasteiger partial charge in [0, 0.05) is 18.4 Å². The molecule has 1 aromatic heterocycles. The lowest BCUT2D eigenvalue weighted by atomic mass is 9.97. The van der Waals surface area contributed by atoms with Crippen LogP contribution in [-0.4, -0.2) is 17.6 Å². The Kier molecular flexibility index (Phi) is 7.29. The zero-order chi connectivity index (χ0) is 13.4. The molecule has 2 nitrogen and oxygen atoms in total. The van der Waals surface area contributed by atoms with Crippen LogP contribution in [0.4, 0.5) is 0 Å². The standard InChI is InChI=1S/C15H25ClN2/c1-4-8-18-14(10-12(2)3)6-5-13-7-9-17-11-15(13)16/h7,9,11-12,14,18H,4-6,8,10H2,1-3H3. The van der Waals surface area contributed by atoms with Gasteiger partial charge in [-0.15, -0.1) is 0 Å². The Labute approximate surface area is 116 Å². The van der Waals surface area contributed by atoms with E-state index in [4.69, 9.17) is 11.6 Å². The number of aromatic nitrogens is 1. The lowest BCUT2D eigenvalue weighted by Gasteiger charge is -2.20. The maximum atomic E-state index is 6.13. The van der Waals surface area contributed by atoms with Gasteiger partial charge in [0.05, 0.1) is 5.02 Å². The van der Waals surface area contributed by atoms with E-state index < -0.39 is 0 Å². The van der Waals surface area contributed by atoms with Crippen LogP contribution < -0.4 is 5.32 Å². The zero-order valence-corrected chi connectivity index (χ0v) is 12.5. The number of halogens is 1. The Bertz CT molecular complexity index is 339. The number of aryl methyl sites for hydroxylation is 1. The Morgan fingerprint density at radius 3 is 2.78 bits per heavy atom. The molecule has 1 unspecified atom stereocenters. The van der Waals surface area contributed by atoms with E-state index in [1.807, 2.05) is 12.3 Å². The third-order valence-electron chi connectivity index (χ3n) is 3.06. The molecule has 18 heavy (non-hydrogen) atoms. The van der Waals surface area contributed by atoms with Crippen LogP contribution in [0.2, 0.25) is 5.02 Å². The number of nitrogens with zero attached hydrogens (tertiary/aromatic N) is 1. The van der Waals surface area contributed by atoms with Crippen molar-refractivity contribution in [1.29, 1.82) is 0 Å². The van der Waals surface area contributed by atoms with Crippen LogP contribution in [0.25, 0.3) is 0 Å². The highest BCUT2D eigenvalue weighted by molar-refractivity contribution is 6.31. The molecule has 0 aromatic carbocycles. The van der Waals surface area contributed by atoms with E-state index >= 15 is 0 Å². The first-order valence-corrected chi connectivity index (χ1v) is 7.33. The quantitative estimate of drug-likeness (QED) is 0.768. The van der Waals surface area contributed by atoms with Crippen molar-refractivity contribution < 1.29 is 0 Å². The topological polar surface area (TPSA) is 24.9 Å². The lowest BCUT2D eigenvalue weighted by Crippen LogP contribution is -2.31. The van der Waals surface area contributed by atoms with E-state index in [1.165, 1.54) is 18.4 Å². The highest BCUT2D eigenvalue weighted by Gasteiger charge is 2.11. The molecule has 1 atom stereocenters. The summed E-state index contributed by atoms with van der Waals surface area (Å²) in [5.74, 6) is 0.729. The van der Waals surface area contributed by atoms with Crippen molar-refractivity contribution in [3.63, 3.8) is 0 Å². The van der Waals surface area contributed by atoms with Gasteiger partial charge < -0.3 is 5.32 Å². The maximum Gasteiger partial charge on any atom is 0.0621 e. The molecule has 3 heteroatoms. The number of pyridine rings is 1. The summed E-state index contributed by atoms with van der Waals surface area (Å²) in [5, 5.41) is 4.42. The average molecular weight is 269 g/mol. The molecule has 0 bridgehead atoms. The fourth-order valence-corrected chi connectivity index (χ4v) is 2.37. The number of nitrogens with one attached hydrogen (secondary N) is 1. The first kappa shape index (κ1) is 15.5. The van der Waals surface area contributed by atoms with Crippen molar-refractivity contribution in [2.24, 2.45) is 5.92 Å². The number of hydrogen-bond donors (Lipinski definition) is 1. The minimum atomic E-state index is 0.592. The third kappa shape index (κ3) is 5.83. The van der Waals surface area contributed by atoms with Gasteiger partial charge >= 0.3 is 0 Å². The molecule has 0 aliphatic heterocycles. The number of hydrogen-bond acceptors (Lipinski definition) is 2. The molecule has 0 fully saturated rings. The van der Waals surface area contributed by atoms with Crippen molar-refractivity contribution in [1.82, 2.24) is 10.3 Å². The van der Waals surface area contributed by atoms with Gasteiger partial charge in [-0.25, -0.2) is 0 Å². The van der Waals surface area contributed by atoms with Crippen LogP contribution in [0.1, 0.15) is 45.6 Å². The van der Waals surface area contributed by atoms with Gasteiger partial charge in [-0.3, -0.25) is 4.98 Å². The SMILES string of the molecule is CCCNC(CCc1ccncc1Cl)CC(C)C. The van der Waals surface area contributed by atoms with Gasteiger partial charge in [0.15, 0.2) is 0 Å². The van der Waals surface area contributed by atoms with Gasteiger partial charge in [-0.2, -0.15) is 0 Å². The largest absolute Gasteiger partial charge is 0.314 e. The van der Waals surface area contributed by atoms with Gasteiger partial charge in [-0.05, 0) is 49.8 Å². The van der Waals surface area contributed by atoms with Crippen LogP contribution in [0.15, 0.2) is 18.5 Å². The molecule has 1 N–H and O–H groups in total. The van der Waals surface area contributed by atoms with E-state index in [9.17, 15) is 0 Å². The summed E-state index contributed by atoms with van der Waals surface area (Å²) in [7, 11) is 0. The first-order valence-electron chi connectivity index (χ1n) is 6.95. The predicted octanol–water partition coefficient (Wildman–Crippen LogP) is 4.08. The van der Waals surface area contributed by atoms with E-state index in [0.29, 0.717) is 6.04 Å². The fourth-order valence-electron chi connectivity index (χ4n) is 2.16. The summed E-state index contributed by atoms with van der Waals surface area (Å²) in [6.07, 6.45) is 8.12. The summed E-state index contributed by atoms with van der Waals surface area (Å²) >= 11 is 6.13. The fraction of sp³-hybridized carbons (Fsp3) is 0.667. The summed E-state index contributed by atoms with van der Waals surface area (Å²) in [6.45, 7) is 7.86. The Hall–Kier alpha value is -0.600. The van der Waals surface area contributed by atoms with Gasteiger partial charge in [0.25, 0.3) is 0 Å². The smallest absolute Gasteiger partial charge is 0.0621 e. The maximum absolute atomic E-state index is 6.13. The third-order valence-corrected chi connectivity index (χ3v) is 3.40. The second kappa shape index (κ2) is 8.49. The van der Waals surface area contributed by atoms with E-state index in [-0.39, 0.29) is 0 Å². The molecule has 0 spiro atoms. The average Bonchev–Trinajstić information content (AvgIpc) is 2.34. The highest BCUT2D eigenvalue weighted by atomic mass is 35.5. The predicted molar refractivity (Wildman–Crippen MR) is 79.1 cm³/mol. The van der Waals surface area contributed by atoms with Gasteiger partial charge in [-0.1, -0.05) is 32.4 Å². The van der Waals surface area contributed by atoms with E-state index in [2.05, 4.69) is 31.1 Å². The molecule has 1 heterocycles. The Balaban J connectivity index is 2.47. The van der Waals surface area contributed by atoms with E-state index in [1.54, 1.807) is 6.20 Å². The first-order chi connectivity index (χ1) is 8.63. The van der Waals surface area contributed by atoms with Crippen molar-refractivity contribution in [3.05, 3.63) is 29.0 Å². The van der Waals surface area contributed by atoms with Crippen molar-refractivity contribution in [2.75, 3.05) is 6.54 Å². The second-order valence-corrected chi connectivity index (χ2v) is 5.69. The summed E-state index contributed by atoms with van der Waals surface area (Å²) in [4.78, 5) is 4.02. The monoisotopic (exact) mass is 268 g/mol. The van der Waals surface area contributed by atoms with Crippen molar-refractivity contribution in [2.45, 2.75) is 52.5 Å². The van der Waals surface area contributed by atoms with Crippen molar-refractivity contribution >= 4 is 11.6 Å². The molecule has 1 aromatic rings. The molecule has 0 saturated heterocycles. The molecular weight excluding hydrogens is 244 g/mol. The summed E-state index contributed by atoms with van der Waals surface area (Å²) in [5.41, 5.74) is 1.21. The minimum absolute atomic E-state index is 0.592. The van der Waals surface area contributed by atoms with Crippen LogP contribution in [0.3, 0.4) is 0 Å². The molecule has 0 aliphatic carbocycles. The van der Waals surface area contributed by atoms with Gasteiger partial charge in [0.1, 0.15) is 0 Å². The van der Waals surface area contributed by atoms with Crippen LogP contribution in [0.5, 0.6) is 0 Å². The second-order valence-electron chi connectivity index (χ2n) is 5.29. The van der Waals surface area contributed by atoms with Crippen LogP contribution in [-0.2, 0) is 6.42 Å². The van der Waals surface area contributed by atoms with Crippen LogP contribution in [0, 0.1) is 5.92 Å². The lowest BCUT2D eigenvalue weighted by molar-refractivity contribution is 0.398. The van der Waals surface area contributed by atoms with Crippen molar-refractivity contribution in [3.8, 4) is 0 Å². The molecule has 1 rings (SSSR count). The molecule has 102 valence electrons. The molecule has 0 saturated carbocycles. The van der Waals surface area contributed by atoms with E-state index in [0.717, 1.165) is 30.3 Å². The summed E-state index contributed by atoms with van der Waals surface area (Å²) in [6, 6.07) is 2.61. The molecule has 0 amide bonds. The zero-order valence-electron chi connectivity index (χ0n) is 11.7. The molecular formula is C15H25ClN2. The Morgan fingerprint density at radius 2 is 2.17 bits per heavy atom. The Morgan fingerprint density at radius 1 is 1.39 bits per heavy atom. The van der Waals surface area contributed by atoms with Crippen LogP contribution >= 0.6 is 11.6 Å². The normalized spacial score (nSPS) is 12.9.